The van der Waals surface area contributed by atoms with E-state index in [0.29, 0.717) is 6.04 Å². The lowest BCUT2D eigenvalue weighted by Gasteiger charge is -2.56. The summed E-state index contributed by atoms with van der Waals surface area (Å²) in [6.07, 6.45) is 10.2. The van der Waals surface area contributed by atoms with Crippen LogP contribution in [0, 0.1) is 29.6 Å². The van der Waals surface area contributed by atoms with Crippen molar-refractivity contribution < 1.29 is 0 Å². The predicted octanol–water partition coefficient (Wildman–Crippen LogP) is 4.00. The number of hydrogen-bond donors (Lipinski definition) is 1. The zero-order chi connectivity index (χ0) is 12.7. The van der Waals surface area contributed by atoms with Crippen LogP contribution in [0.1, 0.15) is 52.9 Å². The van der Waals surface area contributed by atoms with Crippen LogP contribution in [0.3, 0.4) is 0 Å². The van der Waals surface area contributed by atoms with E-state index in [4.69, 9.17) is 0 Å². The number of allylic oxidation sites excluding steroid dienone is 1. The minimum absolute atomic E-state index is 0.648. The number of likely N-dealkylation sites (N-methyl/N-ethyl adjacent to an activating group) is 1. The molecule has 0 amide bonds. The summed E-state index contributed by atoms with van der Waals surface area (Å²) in [6, 6.07) is 0.648. The Bertz CT molecular complexity index is 299. The van der Waals surface area contributed by atoms with Crippen molar-refractivity contribution in [3.63, 3.8) is 0 Å². The van der Waals surface area contributed by atoms with E-state index in [1.165, 1.54) is 31.3 Å². The topological polar surface area (TPSA) is 12.0 Å². The molecular formula is C17H29N. The van der Waals surface area contributed by atoms with Gasteiger partial charge in [0.25, 0.3) is 0 Å². The van der Waals surface area contributed by atoms with E-state index in [0.717, 1.165) is 36.1 Å². The van der Waals surface area contributed by atoms with E-state index >= 15 is 0 Å². The fourth-order valence-electron chi connectivity index (χ4n) is 5.45. The molecule has 4 bridgehead atoms. The Morgan fingerprint density at radius 3 is 2.06 bits per heavy atom. The summed E-state index contributed by atoms with van der Waals surface area (Å²) >= 11 is 0. The lowest BCUT2D eigenvalue weighted by atomic mass is 9.50. The van der Waals surface area contributed by atoms with Crippen molar-refractivity contribution in [2.45, 2.75) is 58.9 Å². The third-order valence-electron chi connectivity index (χ3n) is 5.67. The van der Waals surface area contributed by atoms with Gasteiger partial charge in [0.2, 0.25) is 0 Å². The van der Waals surface area contributed by atoms with Crippen molar-refractivity contribution in [1.29, 1.82) is 0 Å². The van der Waals surface area contributed by atoms with Gasteiger partial charge in [0.1, 0.15) is 0 Å². The summed E-state index contributed by atoms with van der Waals surface area (Å²) in [6.45, 7) is 7.86. The van der Waals surface area contributed by atoms with Gasteiger partial charge in [-0.3, -0.25) is 0 Å². The fourth-order valence-corrected chi connectivity index (χ4v) is 5.45. The van der Waals surface area contributed by atoms with Crippen molar-refractivity contribution in [2.24, 2.45) is 29.6 Å². The van der Waals surface area contributed by atoms with Gasteiger partial charge in [-0.15, -0.1) is 0 Å². The maximum Gasteiger partial charge on any atom is 0.0285 e. The van der Waals surface area contributed by atoms with Crippen molar-refractivity contribution in [2.75, 3.05) is 6.54 Å². The van der Waals surface area contributed by atoms with Crippen LogP contribution >= 0.6 is 0 Å². The largest absolute Gasteiger partial charge is 0.310 e. The summed E-state index contributed by atoms with van der Waals surface area (Å²) in [5, 5.41) is 3.77. The minimum atomic E-state index is 0.648. The molecule has 0 aromatic carbocycles. The van der Waals surface area contributed by atoms with Crippen molar-refractivity contribution in [1.82, 2.24) is 5.32 Å². The average Bonchev–Trinajstić information content (AvgIpc) is 2.26. The van der Waals surface area contributed by atoms with E-state index in [1.807, 2.05) is 0 Å². The van der Waals surface area contributed by atoms with Gasteiger partial charge in [0.15, 0.2) is 0 Å². The third-order valence-corrected chi connectivity index (χ3v) is 5.67. The summed E-state index contributed by atoms with van der Waals surface area (Å²) in [5.74, 6) is 5.19. The number of rotatable bonds is 4. The van der Waals surface area contributed by atoms with Crippen LogP contribution in [0.5, 0.6) is 0 Å². The average molecular weight is 247 g/mol. The maximum atomic E-state index is 3.77. The first-order chi connectivity index (χ1) is 8.67. The van der Waals surface area contributed by atoms with Gasteiger partial charge in [0, 0.05) is 6.04 Å². The van der Waals surface area contributed by atoms with Crippen LogP contribution in [0.15, 0.2) is 11.6 Å². The van der Waals surface area contributed by atoms with Gasteiger partial charge in [-0.2, -0.15) is 0 Å². The summed E-state index contributed by atoms with van der Waals surface area (Å²) in [5.41, 5.74) is 1.48. The second-order valence-electron chi connectivity index (χ2n) is 7.34. The van der Waals surface area contributed by atoms with E-state index < -0.39 is 0 Å². The zero-order valence-corrected chi connectivity index (χ0v) is 12.3. The van der Waals surface area contributed by atoms with Gasteiger partial charge >= 0.3 is 0 Å². The molecule has 102 valence electrons. The Morgan fingerprint density at radius 2 is 1.61 bits per heavy atom. The molecule has 1 nitrogen and oxygen atoms in total. The minimum Gasteiger partial charge on any atom is -0.310 e. The highest BCUT2D eigenvalue weighted by molar-refractivity contribution is 5.09. The lowest BCUT2D eigenvalue weighted by molar-refractivity contribution is -0.0451. The lowest BCUT2D eigenvalue weighted by Crippen LogP contribution is -2.52. The quantitative estimate of drug-likeness (QED) is 0.740. The molecule has 18 heavy (non-hydrogen) atoms. The monoisotopic (exact) mass is 247 g/mol. The molecule has 0 aliphatic heterocycles. The normalized spacial score (nSPS) is 42.9. The first-order valence-electron chi connectivity index (χ1n) is 8.05. The highest BCUT2D eigenvalue weighted by Gasteiger charge is 2.49. The van der Waals surface area contributed by atoms with E-state index in [-0.39, 0.29) is 0 Å². The molecule has 4 aliphatic carbocycles. The van der Waals surface area contributed by atoms with Gasteiger partial charge in [-0.1, -0.05) is 18.6 Å². The molecule has 4 fully saturated rings. The first kappa shape index (κ1) is 12.7. The van der Waals surface area contributed by atoms with Gasteiger partial charge < -0.3 is 5.32 Å². The van der Waals surface area contributed by atoms with Gasteiger partial charge in [0.05, 0.1) is 0 Å². The Labute approximate surface area is 112 Å². The number of hydrogen-bond acceptors (Lipinski definition) is 1. The molecule has 1 atom stereocenters. The van der Waals surface area contributed by atoms with Crippen molar-refractivity contribution in [3.8, 4) is 0 Å². The first-order valence-corrected chi connectivity index (χ1v) is 8.05. The van der Waals surface area contributed by atoms with Crippen molar-refractivity contribution in [3.05, 3.63) is 11.6 Å². The van der Waals surface area contributed by atoms with Crippen LogP contribution in [0.25, 0.3) is 0 Å². The maximum absolute atomic E-state index is 3.77. The van der Waals surface area contributed by atoms with Gasteiger partial charge in [-0.25, -0.2) is 0 Å². The molecule has 0 radical (unpaired) electrons. The molecule has 0 saturated heterocycles. The van der Waals surface area contributed by atoms with Crippen LogP contribution in [-0.2, 0) is 0 Å². The SMILES string of the molecule is CCNC(C=C(C)C)C1C2CC3CC(C2)CC1C3. The highest BCUT2D eigenvalue weighted by Crippen LogP contribution is 2.57. The molecule has 4 rings (SSSR count). The molecule has 4 saturated carbocycles. The molecule has 0 aromatic rings. The Balaban J connectivity index is 1.79. The van der Waals surface area contributed by atoms with Crippen LogP contribution < -0.4 is 5.32 Å². The Kier molecular flexibility index (Phi) is 3.53. The van der Waals surface area contributed by atoms with E-state index in [9.17, 15) is 0 Å². The molecule has 1 heteroatoms. The number of nitrogens with one attached hydrogen (secondary N) is 1. The Hall–Kier alpha value is -0.300. The third kappa shape index (κ3) is 2.27. The van der Waals surface area contributed by atoms with E-state index in [1.54, 1.807) is 6.42 Å². The molecule has 4 aliphatic rings. The predicted molar refractivity (Wildman–Crippen MR) is 77.4 cm³/mol. The van der Waals surface area contributed by atoms with Crippen molar-refractivity contribution >= 4 is 0 Å². The highest BCUT2D eigenvalue weighted by atomic mass is 14.9. The summed E-state index contributed by atoms with van der Waals surface area (Å²) < 4.78 is 0. The fraction of sp³-hybridized carbons (Fsp3) is 0.882. The van der Waals surface area contributed by atoms with Crippen LogP contribution in [0.2, 0.25) is 0 Å². The zero-order valence-electron chi connectivity index (χ0n) is 12.3. The molecule has 1 N–H and O–H groups in total. The molecule has 1 unspecified atom stereocenters. The molecular weight excluding hydrogens is 218 g/mol. The smallest absolute Gasteiger partial charge is 0.0285 e. The summed E-state index contributed by atoms with van der Waals surface area (Å²) in [7, 11) is 0. The molecule has 0 heterocycles. The second-order valence-corrected chi connectivity index (χ2v) is 7.34. The molecule has 0 aromatic heterocycles. The molecule has 0 spiro atoms. The van der Waals surface area contributed by atoms with Crippen LogP contribution in [0.4, 0.5) is 0 Å². The Morgan fingerprint density at radius 1 is 1.06 bits per heavy atom. The van der Waals surface area contributed by atoms with E-state index in [2.05, 4.69) is 32.2 Å². The van der Waals surface area contributed by atoms with Crippen LogP contribution in [-0.4, -0.2) is 12.6 Å². The van der Waals surface area contributed by atoms with Gasteiger partial charge in [-0.05, 0) is 82.1 Å². The standard InChI is InChI=1S/C17H29N/c1-4-18-16(5-11(2)3)17-14-7-12-6-13(9-14)10-15(17)8-12/h5,12-18H,4,6-10H2,1-3H3. The summed E-state index contributed by atoms with van der Waals surface area (Å²) in [4.78, 5) is 0. The second kappa shape index (κ2) is 5.00.